The van der Waals surface area contributed by atoms with Crippen molar-refractivity contribution in [1.29, 1.82) is 0 Å². The van der Waals surface area contributed by atoms with Crippen LogP contribution in [0.5, 0.6) is 23.0 Å². The molecule has 1 atom stereocenters. The maximum atomic E-state index is 14.3. The zero-order valence-corrected chi connectivity index (χ0v) is 24.7. The number of carbonyl (C=O) groups excluding carboxylic acids is 2. The van der Waals surface area contributed by atoms with Crippen LogP contribution in [0.25, 0.3) is 11.4 Å². The molecule has 6 rings (SSSR count). The number of aromatic nitrogens is 4. The second-order valence-electron chi connectivity index (χ2n) is 10.6. The fourth-order valence-corrected chi connectivity index (χ4v) is 5.60. The van der Waals surface area contributed by atoms with E-state index in [0.717, 1.165) is 25.7 Å². The maximum Gasteiger partial charge on any atom is 0.251 e. The quantitative estimate of drug-likeness (QED) is 0.281. The van der Waals surface area contributed by atoms with Crippen LogP contribution in [-0.2, 0) is 16.1 Å². The van der Waals surface area contributed by atoms with E-state index in [0.29, 0.717) is 52.4 Å². The van der Waals surface area contributed by atoms with Crippen molar-refractivity contribution in [2.75, 3.05) is 25.2 Å². The molecule has 3 aromatic carbocycles. The first-order valence-electron chi connectivity index (χ1n) is 14.3. The Hall–Kier alpha value is -4.84. The van der Waals surface area contributed by atoms with E-state index in [4.69, 9.17) is 25.8 Å². The van der Waals surface area contributed by atoms with Gasteiger partial charge in [-0.1, -0.05) is 30.5 Å². The molecule has 1 aliphatic heterocycles. The van der Waals surface area contributed by atoms with Gasteiger partial charge in [-0.05, 0) is 72.1 Å². The van der Waals surface area contributed by atoms with Gasteiger partial charge in [0.05, 0.1) is 7.11 Å². The number of rotatable bonds is 9. The van der Waals surface area contributed by atoms with Crippen LogP contribution >= 0.6 is 11.6 Å². The summed E-state index contributed by atoms with van der Waals surface area (Å²) in [6.45, 7) is 0.432. The molecule has 2 N–H and O–H groups in total. The second kappa shape index (κ2) is 12.8. The second-order valence-corrected chi connectivity index (χ2v) is 11.0. The predicted molar refractivity (Wildman–Crippen MR) is 161 cm³/mol. The predicted octanol–water partition coefficient (Wildman–Crippen LogP) is 4.31. The van der Waals surface area contributed by atoms with Crippen LogP contribution < -0.4 is 24.4 Å². The molecule has 0 bridgehead atoms. The average molecular weight is 619 g/mol. The van der Waals surface area contributed by atoms with Gasteiger partial charge in [0.25, 0.3) is 5.91 Å². The summed E-state index contributed by atoms with van der Waals surface area (Å²) in [6.07, 6.45) is 3.74. The van der Waals surface area contributed by atoms with Crippen LogP contribution in [0.3, 0.4) is 0 Å². The standard InChI is InChI=1S/C31H31ClN6O6/c1-42-26-16-20(8-12-24(26)39)29(31(41)33-22-4-2-3-5-22)38(23-11-13-25-27(17-23)44-15-14-43-25)28(40)18-37-35-30(34-36-37)19-6-9-21(32)10-7-19/h6-13,16-17,22,29,39H,2-5,14-15,18H2,1H3,(H,33,41). The molecule has 2 heterocycles. The van der Waals surface area contributed by atoms with Gasteiger partial charge in [0.15, 0.2) is 23.0 Å². The van der Waals surface area contributed by atoms with Gasteiger partial charge in [0.1, 0.15) is 25.8 Å². The van der Waals surface area contributed by atoms with Crippen LogP contribution in [0.4, 0.5) is 5.69 Å². The van der Waals surface area contributed by atoms with Crippen molar-refractivity contribution in [3.8, 4) is 34.4 Å². The molecule has 13 heteroatoms. The van der Waals surface area contributed by atoms with Crippen LogP contribution in [0, 0.1) is 0 Å². The summed E-state index contributed by atoms with van der Waals surface area (Å²) in [5, 5.41) is 26.6. The fraction of sp³-hybridized carbons (Fsp3) is 0.323. The van der Waals surface area contributed by atoms with Crippen molar-refractivity contribution in [3.05, 3.63) is 71.2 Å². The number of anilines is 1. The molecule has 2 aliphatic rings. The Bertz CT molecular complexity index is 1660. The summed E-state index contributed by atoms with van der Waals surface area (Å²) in [6, 6.07) is 15.5. The van der Waals surface area contributed by atoms with Gasteiger partial charge in [-0.15, -0.1) is 10.2 Å². The van der Waals surface area contributed by atoms with E-state index in [-0.39, 0.29) is 30.0 Å². The Labute approximate surface area is 258 Å². The minimum absolute atomic E-state index is 0.0138. The zero-order valence-electron chi connectivity index (χ0n) is 24.0. The van der Waals surface area contributed by atoms with Gasteiger partial charge in [0.2, 0.25) is 11.7 Å². The summed E-state index contributed by atoms with van der Waals surface area (Å²) in [4.78, 5) is 31.0. The summed E-state index contributed by atoms with van der Waals surface area (Å²) >= 11 is 6.01. The number of phenolic OH excluding ortho intramolecular Hbond substituents is 1. The maximum absolute atomic E-state index is 14.3. The lowest BCUT2D eigenvalue weighted by Crippen LogP contribution is -2.47. The summed E-state index contributed by atoms with van der Waals surface area (Å²) in [5.74, 6) is 0.525. The Morgan fingerprint density at radius 3 is 2.57 bits per heavy atom. The molecule has 1 unspecified atom stereocenters. The highest BCUT2D eigenvalue weighted by Crippen LogP contribution is 2.39. The molecule has 44 heavy (non-hydrogen) atoms. The summed E-state index contributed by atoms with van der Waals surface area (Å²) in [5.41, 5.74) is 1.52. The average Bonchev–Trinajstić information content (AvgIpc) is 3.73. The first-order valence-corrected chi connectivity index (χ1v) is 14.7. The molecular weight excluding hydrogens is 588 g/mol. The molecule has 1 saturated carbocycles. The largest absolute Gasteiger partial charge is 0.504 e. The van der Waals surface area contributed by atoms with Crippen molar-refractivity contribution in [2.24, 2.45) is 0 Å². The van der Waals surface area contributed by atoms with Crippen LogP contribution in [0.2, 0.25) is 5.02 Å². The van der Waals surface area contributed by atoms with Crippen LogP contribution in [0.15, 0.2) is 60.7 Å². The number of carbonyl (C=O) groups is 2. The van der Waals surface area contributed by atoms with Crippen molar-refractivity contribution >= 4 is 29.1 Å². The molecule has 4 aromatic rings. The van der Waals surface area contributed by atoms with Crippen molar-refractivity contribution < 1.29 is 28.9 Å². The van der Waals surface area contributed by atoms with E-state index < -0.39 is 11.9 Å². The molecule has 0 spiro atoms. The number of methoxy groups -OCH3 is 1. The van der Waals surface area contributed by atoms with Gasteiger partial charge < -0.3 is 24.6 Å². The van der Waals surface area contributed by atoms with Crippen molar-refractivity contribution in [1.82, 2.24) is 25.5 Å². The molecule has 1 aromatic heterocycles. The first-order chi connectivity index (χ1) is 21.4. The van der Waals surface area contributed by atoms with E-state index in [2.05, 4.69) is 20.7 Å². The number of nitrogens with one attached hydrogen (secondary N) is 1. The van der Waals surface area contributed by atoms with Gasteiger partial charge in [-0.3, -0.25) is 14.5 Å². The monoisotopic (exact) mass is 618 g/mol. The molecular formula is C31H31ClN6O6. The molecule has 1 fully saturated rings. The first kappa shape index (κ1) is 29.2. The lowest BCUT2D eigenvalue weighted by atomic mass is 10.0. The van der Waals surface area contributed by atoms with E-state index in [1.54, 1.807) is 54.6 Å². The summed E-state index contributed by atoms with van der Waals surface area (Å²) in [7, 11) is 1.42. The third-order valence-electron chi connectivity index (χ3n) is 7.63. The Kier molecular flexibility index (Phi) is 8.51. The number of benzene rings is 3. The zero-order chi connectivity index (χ0) is 30.6. The number of tetrazole rings is 1. The van der Waals surface area contributed by atoms with E-state index in [9.17, 15) is 14.7 Å². The normalized spacial score (nSPS) is 15.0. The SMILES string of the molecule is COc1cc(C(C(=O)NC2CCCC2)N(C(=O)Cn2nnc(-c3ccc(Cl)cc3)n2)c2ccc3c(c2)OCCO3)ccc1O. The lowest BCUT2D eigenvalue weighted by Gasteiger charge is -2.33. The summed E-state index contributed by atoms with van der Waals surface area (Å²) < 4.78 is 16.9. The highest BCUT2D eigenvalue weighted by atomic mass is 35.5. The van der Waals surface area contributed by atoms with Gasteiger partial charge in [-0.25, -0.2) is 0 Å². The lowest BCUT2D eigenvalue weighted by molar-refractivity contribution is -0.127. The smallest absolute Gasteiger partial charge is 0.251 e. The van der Waals surface area contributed by atoms with E-state index in [1.807, 2.05) is 0 Å². The number of hydrogen-bond donors (Lipinski definition) is 2. The van der Waals surface area contributed by atoms with Gasteiger partial charge >= 0.3 is 0 Å². The minimum atomic E-state index is -1.14. The molecule has 12 nitrogen and oxygen atoms in total. The molecule has 2 amide bonds. The van der Waals surface area contributed by atoms with E-state index in [1.165, 1.54) is 22.9 Å². The number of amides is 2. The number of nitrogens with zero attached hydrogens (tertiary/aromatic N) is 5. The van der Waals surface area contributed by atoms with E-state index >= 15 is 0 Å². The third-order valence-corrected chi connectivity index (χ3v) is 7.88. The van der Waals surface area contributed by atoms with Crippen LogP contribution in [-0.4, -0.2) is 63.5 Å². The number of ether oxygens (including phenoxy) is 3. The van der Waals surface area contributed by atoms with Crippen LogP contribution in [0.1, 0.15) is 37.3 Å². The van der Waals surface area contributed by atoms with Crippen molar-refractivity contribution in [2.45, 2.75) is 44.3 Å². The molecule has 228 valence electrons. The highest BCUT2D eigenvalue weighted by molar-refractivity contribution is 6.30. The highest BCUT2D eigenvalue weighted by Gasteiger charge is 2.36. The number of phenols is 1. The topological polar surface area (TPSA) is 141 Å². The Morgan fingerprint density at radius 1 is 1.07 bits per heavy atom. The number of aromatic hydroxyl groups is 1. The molecule has 0 radical (unpaired) electrons. The minimum Gasteiger partial charge on any atom is -0.504 e. The van der Waals surface area contributed by atoms with Gasteiger partial charge in [0, 0.05) is 28.4 Å². The number of hydrogen-bond acceptors (Lipinski definition) is 9. The molecule has 0 saturated heterocycles. The molecule has 1 aliphatic carbocycles. The Balaban J connectivity index is 1.40. The number of halogens is 1. The Morgan fingerprint density at radius 2 is 1.82 bits per heavy atom. The number of fused-ring (bicyclic) bond motifs is 1. The van der Waals surface area contributed by atoms with Gasteiger partial charge in [-0.2, -0.15) is 4.80 Å². The third kappa shape index (κ3) is 6.25. The van der Waals surface area contributed by atoms with Crippen molar-refractivity contribution in [3.63, 3.8) is 0 Å². The fourth-order valence-electron chi connectivity index (χ4n) is 5.47.